The number of aliphatic imine (C=N–C) groups is 1. The van der Waals surface area contributed by atoms with Crippen LogP contribution < -0.4 is 11.1 Å². The number of amidine groups is 1. The fourth-order valence-corrected chi connectivity index (χ4v) is 0.491. The topological polar surface area (TPSA) is 67.5 Å². The molecule has 0 atom stereocenters. The first-order valence-corrected chi connectivity index (χ1v) is 3.06. The molecule has 60 valence electrons. The van der Waals surface area contributed by atoms with E-state index in [-0.39, 0.29) is 5.82 Å². The molecule has 0 unspecified atom stereocenters. The molecule has 1 amide bonds. The van der Waals surface area contributed by atoms with Crippen LogP contribution in [-0.2, 0) is 4.79 Å². The minimum Gasteiger partial charge on any atom is -0.384 e. The van der Waals surface area contributed by atoms with Gasteiger partial charge in [-0.25, -0.2) is 4.99 Å². The van der Waals surface area contributed by atoms with Crippen LogP contribution in [0.5, 0.6) is 0 Å². The highest BCUT2D eigenvalue weighted by Gasteiger charge is 1.88. The zero-order valence-electron chi connectivity index (χ0n) is 6.37. The second-order valence-corrected chi connectivity index (χ2v) is 1.75. The van der Waals surface area contributed by atoms with E-state index in [0.717, 1.165) is 0 Å². The molecule has 0 aliphatic rings. The minimum absolute atomic E-state index is 0.160. The van der Waals surface area contributed by atoms with E-state index in [2.05, 4.69) is 16.9 Å². The summed E-state index contributed by atoms with van der Waals surface area (Å²) in [6.07, 6.45) is 3.88. The first-order valence-electron chi connectivity index (χ1n) is 3.06. The first-order chi connectivity index (χ1) is 5.20. The largest absolute Gasteiger partial charge is 0.384 e. The molecular formula is C7H11N3O. The van der Waals surface area contributed by atoms with Gasteiger partial charge < -0.3 is 11.1 Å². The summed E-state index contributed by atoms with van der Waals surface area (Å²) in [6, 6.07) is 0. The molecule has 3 N–H and O–H groups in total. The lowest BCUT2D eigenvalue weighted by molar-refractivity contribution is -0.108. The molecular weight excluding hydrogens is 142 g/mol. The Kier molecular flexibility index (Phi) is 4.47. The van der Waals surface area contributed by atoms with E-state index in [9.17, 15) is 4.79 Å². The first kappa shape index (κ1) is 9.42. The second-order valence-electron chi connectivity index (χ2n) is 1.75. The zero-order chi connectivity index (χ0) is 8.69. The molecule has 0 aliphatic heterocycles. The highest BCUT2D eigenvalue weighted by atomic mass is 16.1. The Morgan fingerprint density at radius 1 is 1.73 bits per heavy atom. The highest BCUT2D eigenvalue weighted by Crippen LogP contribution is 1.83. The monoisotopic (exact) mass is 153 g/mol. The van der Waals surface area contributed by atoms with Crippen molar-refractivity contribution >= 4 is 12.2 Å². The van der Waals surface area contributed by atoms with Gasteiger partial charge in [0, 0.05) is 0 Å². The number of hydrogen-bond acceptors (Lipinski definition) is 3. The highest BCUT2D eigenvalue weighted by molar-refractivity contribution is 5.99. The maximum atomic E-state index is 9.98. The maximum absolute atomic E-state index is 9.98. The van der Waals surface area contributed by atoms with Crippen molar-refractivity contribution in [3.8, 4) is 0 Å². The molecule has 0 saturated heterocycles. The number of carbonyl (C=O) groups excluding carboxylic acids is 1. The van der Waals surface area contributed by atoms with Gasteiger partial charge >= 0.3 is 0 Å². The number of nitrogens with zero attached hydrogens (tertiary/aromatic N) is 1. The third kappa shape index (κ3) is 4.90. The zero-order valence-corrected chi connectivity index (χ0v) is 6.37. The van der Waals surface area contributed by atoms with Crippen molar-refractivity contribution < 1.29 is 4.79 Å². The number of amides is 1. The molecule has 0 aromatic heterocycles. The summed E-state index contributed by atoms with van der Waals surface area (Å²) in [5.74, 6) is 0.544. The van der Waals surface area contributed by atoms with E-state index in [1.54, 1.807) is 19.1 Å². The fourth-order valence-electron chi connectivity index (χ4n) is 0.491. The molecule has 0 radical (unpaired) electrons. The average molecular weight is 153 g/mol. The van der Waals surface area contributed by atoms with Gasteiger partial charge in [0.05, 0.1) is 0 Å². The van der Waals surface area contributed by atoms with Crippen LogP contribution in [0.1, 0.15) is 6.92 Å². The van der Waals surface area contributed by atoms with Crippen molar-refractivity contribution in [2.45, 2.75) is 6.92 Å². The van der Waals surface area contributed by atoms with E-state index >= 15 is 0 Å². The molecule has 4 heteroatoms. The lowest BCUT2D eigenvalue weighted by Crippen LogP contribution is -2.19. The molecule has 0 fully saturated rings. The van der Waals surface area contributed by atoms with Gasteiger partial charge in [-0.2, -0.15) is 0 Å². The van der Waals surface area contributed by atoms with Gasteiger partial charge in [-0.3, -0.25) is 4.79 Å². The van der Waals surface area contributed by atoms with Crippen LogP contribution in [0.4, 0.5) is 0 Å². The molecule has 11 heavy (non-hydrogen) atoms. The second kappa shape index (κ2) is 5.22. The van der Waals surface area contributed by atoms with Crippen LogP contribution in [0.3, 0.4) is 0 Å². The number of allylic oxidation sites excluding steroid dienone is 1. The van der Waals surface area contributed by atoms with Crippen molar-refractivity contribution in [1.29, 1.82) is 0 Å². The smallest absolute Gasteiger partial charge is 0.212 e. The number of rotatable bonds is 3. The quantitative estimate of drug-likeness (QED) is 0.344. The summed E-state index contributed by atoms with van der Waals surface area (Å²) in [5.41, 5.74) is 5.18. The molecule has 0 aromatic rings. The number of nitrogens with one attached hydrogen (secondary N) is 1. The summed E-state index contributed by atoms with van der Waals surface area (Å²) >= 11 is 0. The molecule has 0 aliphatic carbocycles. The van der Waals surface area contributed by atoms with E-state index in [4.69, 9.17) is 5.73 Å². The summed E-state index contributed by atoms with van der Waals surface area (Å²) in [6.45, 7) is 5.17. The Bertz CT molecular complexity index is 206. The van der Waals surface area contributed by atoms with Crippen molar-refractivity contribution in [3.05, 3.63) is 24.6 Å². The molecule has 0 saturated carbocycles. The van der Waals surface area contributed by atoms with Crippen LogP contribution in [0, 0.1) is 0 Å². The lowest BCUT2D eigenvalue weighted by atomic mass is 10.5. The Balaban J connectivity index is 4.31. The third-order valence-electron chi connectivity index (χ3n) is 0.795. The molecule has 0 spiro atoms. The third-order valence-corrected chi connectivity index (χ3v) is 0.795. The van der Waals surface area contributed by atoms with Gasteiger partial charge in [-0.1, -0.05) is 12.7 Å². The Hall–Kier alpha value is -1.58. The average Bonchev–Trinajstić information content (AvgIpc) is 1.87. The van der Waals surface area contributed by atoms with Crippen LogP contribution in [0.15, 0.2) is 29.5 Å². The molecule has 0 bridgehead atoms. The van der Waals surface area contributed by atoms with Crippen molar-refractivity contribution in [2.24, 2.45) is 10.7 Å². The fraction of sp³-hybridized carbons (Fsp3) is 0.143. The number of hydrogen-bond donors (Lipinski definition) is 2. The molecule has 0 aromatic carbocycles. The van der Waals surface area contributed by atoms with Gasteiger partial charge in [0.15, 0.2) is 0 Å². The Labute approximate surface area is 65.5 Å². The van der Waals surface area contributed by atoms with Gasteiger partial charge in [0.1, 0.15) is 11.7 Å². The van der Waals surface area contributed by atoms with Crippen molar-refractivity contribution in [3.63, 3.8) is 0 Å². The summed E-state index contributed by atoms with van der Waals surface area (Å²) in [7, 11) is 0. The number of carbonyl (C=O) groups is 1. The summed E-state index contributed by atoms with van der Waals surface area (Å²) in [4.78, 5) is 13.7. The van der Waals surface area contributed by atoms with E-state index in [0.29, 0.717) is 12.2 Å². The van der Waals surface area contributed by atoms with Crippen LogP contribution in [-0.4, -0.2) is 12.2 Å². The lowest BCUT2D eigenvalue weighted by Gasteiger charge is -1.96. The van der Waals surface area contributed by atoms with Crippen LogP contribution in [0.2, 0.25) is 0 Å². The molecule has 4 nitrogen and oxygen atoms in total. The predicted octanol–water partition coefficient (Wildman–Crippen LogP) is 0.137. The standard InChI is InChI=1S/C7H11N3O/c1-3-4-7(9-5-11)10-6(2)8/h3-5H,2,8H2,1H3,(H,9,10,11)/b4-3-. The molecule has 0 heterocycles. The number of nitrogens with two attached hydrogens (primary N) is 1. The van der Waals surface area contributed by atoms with Gasteiger partial charge in [-0.05, 0) is 13.0 Å². The molecule has 0 rings (SSSR count). The summed E-state index contributed by atoms with van der Waals surface area (Å²) < 4.78 is 0. The van der Waals surface area contributed by atoms with E-state index in [1.807, 2.05) is 0 Å². The van der Waals surface area contributed by atoms with Crippen LogP contribution >= 0.6 is 0 Å². The minimum atomic E-state index is 0.160. The van der Waals surface area contributed by atoms with E-state index in [1.165, 1.54) is 0 Å². The SMILES string of the molecule is C=C(N)/N=C(\C=C/C)NC=O. The van der Waals surface area contributed by atoms with Crippen molar-refractivity contribution in [2.75, 3.05) is 0 Å². The Morgan fingerprint density at radius 2 is 2.36 bits per heavy atom. The van der Waals surface area contributed by atoms with Crippen LogP contribution in [0.25, 0.3) is 0 Å². The van der Waals surface area contributed by atoms with E-state index < -0.39 is 0 Å². The van der Waals surface area contributed by atoms with Gasteiger partial charge in [0.25, 0.3) is 0 Å². The van der Waals surface area contributed by atoms with Gasteiger partial charge in [0.2, 0.25) is 6.41 Å². The van der Waals surface area contributed by atoms with Crippen molar-refractivity contribution in [1.82, 2.24) is 5.32 Å². The Morgan fingerprint density at radius 3 is 2.73 bits per heavy atom. The maximum Gasteiger partial charge on any atom is 0.212 e. The summed E-state index contributed by atoms with van der Waals surface area (Å²) in [5, 5.41) is 2.36. The normalized spacial score (nSPS) is 11.5. The predicted molar refractivity (Wildman–Crippen MR) is 44.8 cm³/mol. The van der Waals surface area contributed by atoms with Gasteiger partial charge in [-0.15, -0.1) is 0 Å².